The van der Waals surface area contributed by atoms with Gasteiger partial charge in [0, 0.05) is 25.6 Å². The van der Waals surface area contributed by atoms with Crippen molar-refractivity contribution < 1.29 is 13.9 Å². The summed E-state index contributed by atoms with van der Waals surface area (Å²) in [6.45, 7) is 3.90. The van der Waals surface area contributed by atoms with E-state index in [1.165, 1.54) is 12.1 Å². The zero-order valence-electron chi connectivity index (χ0n) is 13.9. The second-order valence-electron chi connectivity index (χ2n) is 5.93. The number of pyridine rings is 1. The molecule has 1 aliphatic rings. The van der Waals surface area contributed by atoms with E-state index in [1.54, 1.807) is 19.2 Å². The van der Waals surface area contributed by atoms with Crippen LogP contribution < -0.4 is 15.4 Å². The van der Waals surface area contributed by atoms with Crippen LogP contribution >= 0.6 is 0 Å². The van der Waals surface area contributed by atoms with Gasteiger partial charge < -0.3 is 20.1 Å². The molecule has 1 aromatic heterocycles. The first-order chi connectivity index (χ1) is 11.7. The highest BCUT2D eigenvalue weighted by Gasteiger charge is 2.19. The summed E-state index contributed by atoms with van der Waals surface area (Å²) in [5.41, 5.74) is 2.95. The molecule has 1 aromatic carbocycles. The third-order valence-corrected chi connectivity index (χ3v) is 3.84. The Bertz CT molecular complexity index is 691. The van der Waals surface area contributed by atoms with Crippen molar-refractivity contribution in [3.05, 3.63) is 47.3 Å². The lowest BCUT2D eigenvalue weighted by Crippen LogP contribution is -2.29. The largest absolute Gasteiger partial charge is 0.474 e. The Kier molecular flexibility index (Phi) is 5.15. The van der Waals surface area contributed by atoms with E-state index >= 15 is 0 Å². The monoisotopic (exact) mass is 331 g/mol. The lowest BCUT2D eigenvalue weighted by molar-refractivity contribution is 0.210. The van der Waals surface area contributed by atoms with E-state index in [0.29, 0.717) is 32.1 Å². The smallest absolute Gasteiger partial charge is 0.239 e. The number of nitrogens with zero attached hydrogens (tertiary/aromatic N) is 1. The van der Waals surface area contributed by atoms with Crippen LogP contribution in [0.5, 0.6) is 5.88 Å². The topological polar surface area (TPSA) is 55.4 Å². The Labute approximate surface area is 141 Å². The lowest BCUT2D eigenvalue weighted by Gasteiger charge is -2.25. The van der Waals surface area contributed by atoms with Crippen molar-refractivity contribution in [2.45, 2.75) is 19.4 Å². The zero-order valence-corrected chi connectivity index (χ0v) is 13.9. The predicted molar refractivity (Wildman–Crippen MR) is 92.4 cm³/mol. The first-order valence-electron chi connectivity index (χ1n) is 8.06. The van der Waals surface area contributed by atoms with Gasteiger partial charge in [0.05, 0.1) is 18.3 Å². The highest BCUT2D eigenvalue weighted by molar-refractivity contribution is 5.63. The molecule has 1 aliphatic heterocycles. The second-order valence-corrected chi connectivity index (χ2v) is 5.93. The number of nitrogens with one attached hydrogen (secondary N) is 2. The maximum Gasteiger partial charge on any atom is 0.239 e. The van der Waals surface area contributed by atoms with Crippen LogP contribution in [0, 0.1) is 5.82 Å². The summed E-state index contributed by atoms with van der Waals surface area (Å²) >= 11 is 0. The molecule has 2 aromatic rings. The van der Waals surface area contributed by atoms with Gasteiger partial charge in [0.2, 0.25) is 5.88 Å². The molecule has 0 fully saturated rings. The standard InChI is InChI=1S/C18H22FN3O2/c1-12-11-24-18-16(21-12)10-14(17(22-18)20-7-8-23-2)9-13-3-5-15(19)6-4-13/h3-6,10,12,21H,7-9,11H2,1-2H3,(H,20,22)/t12-/m0/s1. The van der Waals surface area contributed by atoms with E-state index < -0.39 is 0 Å². The summed E-state index contributed by atoms with van der Waals surface area (Å²) in [7, 11) is 1.66. The highest BCUT2D eigenvalue weighted by atomic mass is 19.1. The number of aromatic nitrogens is 1. The first-order valence-corrected chi connectivity index (χ1v) is 8.06. The summed E-state index contributed by atoms with van der Waals surface area (Å²) in [6, 6.07) is 8.83. The fourth-order valence-corrected chi connectivity index (χ4v) is 2.64. The van der Waals surface area contributed by atoms with Gasteiger partial charge in [0.1, 0.15) is 18.2 Å². The van der Waals surface area contributed by atoms with Gasteiger partial charge in [-0.1, -0.05) is 12.1 Å². The summed E-state index contributed by atoms with van der Waals surface area (Å²) < 4.78 is 23.9. The van der Waals surface area contributed by atoms with Crippen LogP contribution in [0.3, 0.4) is 0 Å². The van der Waals surface area contributed by atoms with E-state index in [-0.39, 0.29) is 11.9 Å². The van der Waals surface area contributed by atoms with Crippen LogP contribution in [0.15, 0.2) is 30.3 Å². The summed E-state index contributed by atoms with van der Waals surface area (Å²) in [6.07, 6.45) is 0.659. The SMILES string of the molecule is COCCNc1nc2c(cc1Cc1ccc(F)cc1)N[C@@H](C)CO2. The molecule has 0 aliphatic carbocycles. The molecule has 2 heterocycles. The number of rotatable bonds is 6. The minimum Gasteiger partial charge on any atom is -0.474 e. The number of hydrogen-bond acceptors (Lipinski definition) is 5. The van der Waals surface area contributed by atoms with Gasteiger partial charge in [-0.25, -0.2) is 4.39 Å². The van der Waals surface area contributed by atoms with E-state index in [4.69, 9.17) is 9.47 Å². The molecule has 5 nitrogen and oxygen atoms in total. The Morgan fingerprint density at radius 2 is 2.17 bits per heavy atom. The molecule has 0 bridgehead atoms. The normalized spacial score (nSPS) is 16.0. The molecule has 1 atom stereocenters. The molecule has 128 valence electrons. The second kappa shape index (κ2) is 7.49. The Morgan fingerprint density at radius 3 is 2.92 bits per heavy atom. The molecule has 6 heteroatoms. The molecule has 24 heavy (non-hydrogen) atoms. The maximum absolute atomic E-state index is 13.1. The maximum atomic E-state index is 13.1. The van der Waals surface area contributed by atoms with Crippen molar-refractivity contribution in [3.63, 3.8) is 0 Å². The van der Waals surface area contributed by atoms with Gasteiger partial charge in [0.25, 0.3) is 0 Å². The number of anilines is 2. The lowest BCUT2D eigenvalue weighted by atomic mass is 10.0. The first kappa shape index (κ1) is 16.5. The van der Waals surface area contributed by atoms with Gasteiger partial charge >= 0.3 is 0 Å². The predicted octanol–water partition coefficient (Wildman–Crippen LogP) is 3.06. The van der Waals surface area contributed by atoms with Crippen LogP contribution in [0.4, 0.5) is 15.9 Å². The number of halogens is 1. The third kappa shape index (κ3) is 3.94. The fourth-order valence-electron chi connectivity index (χ4n) is 2.64. The molecule has 2 N–H and O–H groups in total. The summed E-state index contributed by atoms with van der Waals surface area (Å²) in [4.78, 5) is 4.61. The Balaban J connectivity index is 1.88. The highest BCUT2D eigenvalue weighted by Crippen LogP contribution is 2.32. The Morgan fingerprint density at radius 1 is 1.38 bits per heavy atom. The van der Waals surface area contributed by atoms with Gasteiger partial charge in [-0.15, -0.1) is 0 Å². The van der Waals surface area contributed by atoms with E-state index in [9.17, 15) is 4.39 Å². The summed E-state index contributed by atoms with van der Waals surface area (Å²) in [5.74, 6) is 1.15. The molecular formula is C18H22FN3O2. The van der Waals surface area contributed by atoms with Crippen LogP contribution in [0.2, 0.25) is 0 Å². The average Bonchev–Trinajstić information content (AvgIpc) is 2.57. The van der Waals surface area contributed by atoms with Gasteiger partial charge in [-0.2, -0.15) is 4.98 Å². The third-order valence-electron chi connectivity index (χ3n) is 3.84. The van der Waals surface area contributed by atoms with Crippen molar-refractivity contribution in [2.24, 2.45) is 0 Å². The Hall–Kier alpha value is -2.34. The molecule has 0 saturated carbocycles. The quantitative estimate of drug-likeness (QED) is 0.797. The fraction of sp³-hybridized carbons (Fsp3) is 0.389. The van der Waals surface area contributed by atoms with Crippen LogP contribution in [0.1, 0.15) is 18.1 Å². The van der Waals surface area contributed by atoms with Crippen molar-refractivity contribution in [1.82, 2.24) is 4.98 Å². The number of methoxy groups -OCH3 is 1. The minimum absolute atomic E-state index is 0.232. The van der Waals surface area contributed by atoms with E-state index in [2.05, 4.69) is 28.6 Å². The van der Waals surface area contributed by atoms with Crippen LogP contribution in [-0.4, -0.2) is 37.9 Å². The molecule has 3 rings (SSSR count). The molecule has 0 spiro atoms. The molecule has 0 unspecified atom stereocenters. The number of hydrogen-bond donors (Lipinski definition) is 2. The van der Waals surface area contributed by atoms with Crippen LogP contribution in [-0.2, 0) is 11.2 Å². The van der Waals surface area contributed by atoms with Gasteiger partial charge in [-0.05, 0) is 30.7 Å². The molecule has 0 saturated heterocycles. The summed E-state index contributed by atoms with van der Waals surface area (Å²) in [5, 5.41) is 6.68. The number of benzene rings is 1. The van der Waals surface area contributed by atoms with Crippen molar-refractivity contribution in [1.29, 1.82) is 0 Å². The van der Waals surface area contributed by atoms with E-state index in [0.717, 1.165) is 22.6 Å². The van der Waals surface area contributed by atoms with Gasteiger partial charge in [0.15, 0.2) is 0 Å². The minimum atomic E-state index is -0.232. The number of fused-ring (bicyclic) bond motifs is 1. The van der Waals surface area contributed by atoms with E-state index in [1.807, 2.05) is 0 Å². The van der Waals surface area contributed by atoms with Crippen molar-refractivity contribution in [2.75, 3.05) is 37.5 Å². The van der Waals surface area contributed by atoms with Crippen LogP contribution in [0.25, 0.3) is 0 Å². The zero-order chi connectivity index (χ0) is 16.9. The van der Waals surface area contributed by atoms with Gasteiger partial charge in [-0.3, -0.25) is 0 Å². The van der Waals surface area contributed by atoms with Crippen molar-refractivity contribution >= 4 is 11.5 Å². The molecule has 0 radical (unpaired) electrons. The number of ether oxygens (including phenoxy) is 2. The average molecular weight is 331 g/mol. The molecular weight excluding hydrogens is 309 g/mol. The molecule has 0 amide bonds. The van der Waals surface area contributed by atoms with Crippen molar-refractivity contribution in [3.8, 4) is 5.88 Å².